The minimum Gasteiger partial charge on any atom is -0.394 e. The smallest absolute Gasteiger partial charge is 0.193 e. The Balaban J connectivity index is 1.70. The quantitative estimate of drug-likeness (QED) is 0.555. The van der Waals surface area contributed by atoms with Gasteiger partial charge in [0.1, 0.15) is 0 Å². The van der Waals surface area contributed by atoms with Gasteiger partial charge in [0.15, 0.2) is 5.96 Å². The van der Waals surface area contributed by atoms with Gasteiger partial charge in [0.05, 0.1) is 32.0 Å². The predicted octanol–water partition coefficient (Wildman–Crippen LogP) is 0.604. The monoisotopic (exact) mass is 299 g/mol. The number of aliphatic imine (C=N–C) groups is 1. The van der Waals surface area contributed by atoms with Gasteiger partial charge in [-0.25, -0.2) is 0 Å². The van der Waals surface area contributed by atoms with Crippen molar-refractivity contribution in [3.8, 4) is 0 Å². The molecule has 2 aliphatic heterocycles. The van der Waals surface area contributed by atoms with E-state index < -0.39 is 0 Å². The van der Waals surface area contributed by atoms with E-state index in [0.29, 0.717) is 18.8 Å². The molecule has 122 valence electrons. The zero-order valence-corrected chi connectivity index (χ0v) is 13.1. The molecule has 0 amide bonds. The first-order valence-corrected chi connectivity index (χ1v) is 8.20. The Bertz CT molecular complexity index is 311. The number of likely N-dealkylation sites (tertiary alicyclic amines) is 1. The van der Waals surface area contributed by atoms with Crippen molar-refractivity contribution in [3.63, 3.8) is 0 Å². The Kier molecular flexibility index (Phi) is 7.26. The number of hydrogen-bond acceptors (Lipinski definition) is 4. The van der Waals surface area contributed by atoms with Crippen molar-refractivity contribution in [3.05, 3.63) is 0 Å². The van der Waals surface area contributed by atoms with Gasteiger partial charge < -0.3 is 24.8 Å². The summed E-state index contributed by atoms with van der Waals surface area (Å²) in [6.07, 6.45) is 5.00. The van der Waals surface area contributed by atoms with Crippen molar-refractivity contribution in [2.75, 3.05) is 46.0 Å². The minimum absolute atomic E-state index is 0.0931. The van der Waals surface area contributed by atoms with E-state index in [-0.39, 0.29) is 6.61 Å². The molecule has 6 heteroatoms. The highest BCUT2D eigenvalue weighted by molar-refractivity contribution is 5.80. The Morgan fingerprint density at radius 3 is 2.81 bits per heavy atom. The highest BCUT2D eigenvalue weighted by Crippen LogP contribution is 2.17. The Hall–Kier alpha value is -0.850. The van der Waals surface area contributed by atoms with Crippen LogP contribution < -0.4 is 5.32 Å². The van der Waals surface area contributed by atoms with Gasteiger partial charge in [0, 0.05) is 26.2 Å². The van der Waals surface area contributed by atoms with Crippen LogP contribution in [0.2, 0.25) is 0 Å². The number of ether oxygens (including phenoxy) is 2. The molecule has 0 aromatic heterocycles. The molecule has 2 N–H and O–H groups in total. The van der Waals surface area contributed by atoms with Crippen LogP contribution in [0.15, 0.2) is 4.99 Å². The number of guanidine groups is 1. The summed E-state index contributed by atoms with van der Waals surface area (Å²) in [6.45, 7) is 6.99. The third-order valence-corrected chi connectivity index (χ3v) is 3.98. The third kappa shape index (κ3) is 5.45. The summed E-state index contributed by atoms with van der Waals surface area (Å²) >= 11 is 0. The van der Waals surface area contributed by atoms with Crippen LogP contribution in [0.25, 0.3) is 0 Å². The highest BCUT2D eigenvalue weighted by atomic mass is 16.5. The van der Waals surface area contributed by atoms with Gasteiger partial charge in [-0.1, -0.05) is 0 Å². The van der Waals surface area contributed by atoms with Crippen LogP contribution in [0, 0.1) is 0 Å². The second kappa shape index (κ2) is 9.23. The number of aliphatic hydroxyl groups excluding tert-OH is 1. The fourth-order valence-corrected chi connectivity index (χ4v) is 2.84. The lowest BCUT2D eigenvalue weighted by Crippen LogP contribution is -2.47. The number of hydrogen-bond donors (Lipinski definition) is 2. The average Bonchev–Trinajstić information content (AvgIpc) is 3.03. The molecule has 21 heavy (non-hydrogen) atoms. The number of nitrogens with zero attached hydrogens (tertiary/aromatic N) is 2. The fourth-order valence-electron chi connectivity index (χ4n) is 2.84. The van der Waals surface area contributed by atoms with Crippen molar-refractivity contribution < 1.29 is 14.6 Å². The Morgan fingerprint density at radius 1 is 1.38 bits per heavy atom. The molecule has 2 rings (SSSR count). The van der Waals surface area contributed by atoms with Crippen LogP contribution >= 0.6 is 0 Å². The van der Waals surface area contributed by atoms with E-state index in [0.717, 1.165) is 58.1 Å². The Morgan fingerprint density at radius 2 is 2.19 bits per heavy atom. The molecule has 2 aliphatic rings. The van der Waals surface area contributed by atoms with E-state index in [1.54, 1.807) is 0 Å². The van der Waals surface area contributed by atoms with Crippen molar-refractivity contribution in [1.82, 2.24) is 10.2 Å². The summed E-state index contributed by atoms with van der Waals surface area (Å²) in [4.78, 5) is 6.67. The SMILES string of the molecule is CCNC(=NCCO)N1CCC(OCC2CCCO2)CC1. The average molecular weight is 299 g/mol. The normalized spacial score (nSPS) is 24.6. The zero-order chi connectivity index (χ0) is 14.9. The molecule has 0 aliphatic carbocycles. The maximum atomic E-state index is 8.91. The molecule has 2 heterocycles. The van der Waals surface area contributed by atoms with E-state index in [1.165, 1.54) is 6.42 Å². The molecule has 2 saturated heterocycles. The van der Waals surface area contributed by atoms with Gasteiger partial charge in [-0.05, 0) is 32.6 Å². The topological polar surface area (TPSA) is 66.3 Å². The first-order valence-electron chi connectivity index (χ1n) is 8.20. The number of nitrogens with one attached hydrogen (secondary N) is 1. The summed E-state index contributed by atoms with van der Waals surface area (Å²) in [5.74, 6) is 0.907. The molecule has 0 bridgehead atoms. The minimum atomic E-state index is 0.0931. The predicted molar refractivity (Wildman–Crippen MR) is 82.6 cm³/mol. The lowest BCUT2D eigenvalue weighted by Gasteiger charge is -2.34. The highest BCUT2D eigenvalue weighted by Gasteiger charge is 2.24. The molecule has 0 radical (unpaired) electrons. The van der Waals surface area contributed by atoms with Crippen LogP contribution in [-0.4, -0.2) is 74.2 Å². The maximum Gasteiger partial charge on any atom is 0.193 e. The first-order chi connectivity index (χ1) is 10.3. The summed E-state index contributed by atoms with van der Waals surface area (Å²) in [5.41, 5.74) is 0. The van der Waals surface area contributed by atoms with Crippen LogP contribution in [0.5, 0.6) is 0 Å². The van der Waals surface area contributed by atoms with E-state index >= 15 is 0 Å². The lowest BCUT2D eigenvalue weighted by molar-refractivity contribution is -0.0367. The third-order valence-electron chi connectivity index (χ3n) is 3.98. The summed E-state index contributed by atoms with van der Waals surface area (Å²) in [5, 5.41) is 12.2. The summed E-state index contributed by atoms with van der Waals surface area (Å²) < 4.78 is 11.6. The molecule has 6 nitrogen and oxygen atoms in total. The number of rotatable bonds is 6. The maximum absolute atomic E-state index is 8.91. The van der Waals surface area contributed by atoms with Crippen molar-refractivity contribution in [2.45, 2.75) is 44.8 Å². The number of piperidine rings is 1. The zero-order valence-electron chi connectivity index (χ0n) is 13.1. The van der Waals surface area contributed by atoms with Crippen molar-refractivity contribution in [2.24, 2.45) is 4.99 Å². The standard InChI is InChI=1S/C15H29N3O3/c1-2-16-15(17-7-10-19)18-8-5-13(6-9-18)21-12-14-4-3-11-20-14/h13-14,19H,2-12H2,1H3,(H,16,17). The molecule has 0 spiro atoms. The van der Waals surface area contributed by atoms with E-state index in [9.17, 15) is 0 Å². The van der Waals surface area contributed by atoms with E-state index in [1.807, 2.05) is 0 Å². The fraction of sp³-hybridized carbons (Fsp3) is 0.933. The molecular weight excluding hydrogens is 270 g/mol. The van der Waals surface area contributed by atoms with E-state index in [2.05, 4.69) is 22.1 Å². The van der Waals surface area contributed by atoms with Crippen molar-refractivity contribution in [1.29, 1.82) is 0 Å². The molecule has 1 unspecified atom stereocenters. The van der Waals surface area contributed by atoms with E-state index in [4.69, 9.17) is 14.6 Å². The van der Waals surface area contributed by atoms with Gasteiger partial charge >= 0.3 is 0 Å². The van der Waals surface area contributed by atoms with Crippen molar-refractivity contribution >= 4 is 5.96 Å². The molecule has 2 fully saturated rings. The second-order valence-electron chi connectivity index (χ2n) is 5.61. The lowest BCUT2D eigenvalue weighted by atomic mass is 10.1. The number of aliphatic hydroxyl groups is 1. The molecule has 0 saturated carbocycles. The van der Waals surface area contributed by atoms with Gasteiger partial charge in [0.25, 0.3) is 0 Å². The van der Waals surface area contributed by atoms with Gasteiger partial charge in [0.2, 0.25) is 0 Å². The Labute approximate surface area is 127 Å². The molecular formula is C15H29N3O3. The van der Waals surface area contributed by atoms with Crippen LogP contribution in [0.1, 0.15) is 32.6 Å². The summed E-state index contributed by atoms with van der Waals surface area (Å²) in [7, 11) is 0. The second-order valence-corrected chi connectivity index (χ2v) is 5.61. The van der Waals surface area contributed by atoms with Gasteiger partial charge in [-0.3, -0.25) is 4.99 Å². The molecule has 0 aromatic carbocycles. The van der Waals surface area contributed by atoms with Crippen LogP contribution in [-0.2, 0) is 9.47 Å². The van der Waals surface area contributed by atoms with Crippen LogP contribution in [0.3, 0.4) is 0 Å². The first kappa shape index (κ1) is 16.5. The molecule has 0 aromatic rings. The largest absolute Gasteiger partial charge is 0.394 e. The van der Waals surface area contributed by atoms with Gasteiger partial charge in [-0.15, -0.1) is 0 Å². The van der Waals surface area contributed by atoms with Gasteiger partial charge in [-0.2, -0.15) is 0 Å². The molecule has 1 atom stereocenters. The summed E-state index contributed by atoms with van der Waals surface area (Å²) in [6, 6.07) is 0. The van der Waals surface area contributed by atoms with Crippen LogP contribution in [0.4, 0.5) is 0 Å².